The number of rotatable bonds is 8. The van der Waals surface area contributed by atoms with E-state index < -0.39 is 6.03 Å². The molecule has 2 amide bonds. The van der Waals surface area contributed by atoms with Crippen LogP contribution in [0.15, 0.2) is 200 Å². The number of nitrogens with one attached hydrogen (secondary N) is 1. The quantitative estimate of drug-likeness (QED) is 0.157. The zero-order valence-electron chi connectivity index (χ0n) is 42.6. The zero-order chi connectivity index (χ0) is 55.3. The van der Waals surface area contributed by atoms with E-state index >= 15 is 0 Å². The van der Waals surface area contributed by atoms with Crippen molar-refractivity contribution >= 4 is 137 Å². The molecule has 21 heteroatoms. The molecule has 1 N–H and O–H groups in total. The molecule has 0 atom stereocenters. The van der Waals surface area contributed by atoms with Crippen molar-refractivity contribution in [2.75, 3.05) is 31.5 Å². The predicted octanol–water partition coefficient (Wildman–Crippen LogP) is 14.0. The van der Waals surface area contributed by atoms with Crippen LogP contribution in [0.1, 0.15) is 48.1 Å². The van der Waals surface area contributed by atoms with Crippen LogP contribution >= 0.6 is 69.3 Å². The molecule has 1 aliphatic carbocycles. The Morgan fingerprint density at radius 3 is 1.33 bits per heavy atom. The number of piperazine rings is 1. The molecule has 14 rings (SSSR count). The van der Waals surface area contributed by atoms with Crippen LogP contribution in [-0.4, -0.2) is 67.7 Å². The molecule has 7 aromatic carbocycles. The van der Waals surface area contributed by atoms with E-state index in [0.29, 0.717) is 51.4 Å². The molecule has 12 aromatic rings. The molecule has 84 heavy (non-hydrogen) atoms. The summed E-state index contributed by atoms with van der Waals surface area (Å²) in [7, 11) is 0. The minimum Gasteiger partial charge on any atom is -0.340 e. The van der Waals surface area contributed by atoms with Crippen molar-refractivity contribution in [2.24, 2.45) is 5.92 Å². The largest absolute Gasteiger partial charge is 0.342 e. The van der Waals surface area contributed by atoms with Gasteiger partial charge in [0.15, 0.2) is 0 Å². The second-order valence-electron chi connectivity index (χ2n) is 18.9. The van der Waals surface area contributed by atoms with Gasteiger partial charge in [0.2, 0.25) is 5.91 Å². The molecule has 2 fully saturated rings. The third-order valence-electron chi connectivity index (χ3n) is 13.3. The average Bonchev–Trinajstić information content (AvgIpc) is 3.55. The lowest BCUT2D eigenvalue weighted by Crippen LogP contribution is -2.49. The van der Waals surface area contributed by atoms with Crippen LogP contribution < -0.4 is 33.1 Å². The monoisotopic (exact) mass is 1240 g/mol. The molecule has 0 spiro atoms. The van der Waals surface area contributed by atoms with Crippen molar-refractivity contribution in [3.63, 3.8) is 0 Å². The summed E-state index contributed by atoms with van der Waals surface area (Å²) in [6.45, 7) is 4.68. The van der Waals surface area contributed by atoms with Crippen LogP contribution in [0, 0.1) is 5.92 Å². The molecule has 1 saturated carbocycles. The molecule has 6 heterocycles. The Bertz CT molecular complexity index is 4420. The standard InChI is InChI=1S/C16H18ClN3O2S.C15H10N2O2S2.C14H10N2O2S.C14H11NOS.4CH4/c17-12-3-4-14-13(9-12)16(22)20(23-14)10-18-5-7-19(8-6-18)15(21)11-1-2-11;18-14-10-5-1-3-7-12(10)20-16(14)9-17-15(19)11-6-2-4-8-13(11)21-17;17-13-11-8-4-5-9-12(11)19-16(13)14(18)15-10-6-2-1-3-7-10;16-14-12-8-4-5-9-13(12)17-15(14)10-11-6-2-1-3-7-11;;;;/h3-4,9,11H,1-2,5-8,10H2;1-8H,9H2;1-9H,(H,15,18);1-9H,10H2;4*1H4. The molecule has 1 aliphatic heterocycles. The van der Waals surface area contributed by atoms with E-state index in [1.54, 1.807) is 46.2 Å². The van der Waals surface area contributed by atoms with Gasteiger partial charge in [-0.3, -0.25) is 37.6 Å². The van der Waals surface area contributed by atoms with Gasteiger partial charge in [-0.25, -0.2) is 16.7 Å². The van der Waals surface area contributed by atoms with Crippen LogP contribution in [0.5, 0.6) is 0 Å². The predicted molar refractivity (Wildman–Crippen MR) is 355 cm³/mol. The highest BCUT2D eigenvalue weighted by Crippen LogP contribution is 2.31. The number of benzene rings is 7. The SMILES string of the molecule is C.C.C.C.O=C(C1CC1)N1CCN(Cn2sc3ccc(Cl)cc3c2=O)CC1.O=C(Nc1ccccc1)n1sc2ccccc2c1=O.O=c1c2ccccc2sn1Cc1ccccc1.O=c1c2ccccc2sn1Cn1sc2ccccc2c1=O. The summed E-state index contributed by atoms with van der Waals surface area (Å²) < 4.78 is 12.7. The maximum Gasteiger partial charge on any atom is 0.342 e. The Morgan fingerprint density at radius 2 is 0.845 bits per heavy atom. The van der Waals surface area contributed by atoms with E-state index in [1.165, 1.54) is 46.1 Å². The van der Waals surface area contributed by atoms with Crippen molar-refractivity contribution in [1.29, 1.82) is 0 Å². The molecular formula is C63H65ClN8O7S5. The van der Waals surface area contributed by atoms with Gasteiger partial charge in [-0.1, -0.05) is 184 Å². The smallest absolute Gasteiger partial charge is 0.340 e. The number of carbonyl (C=O) groups is 2. The second kappa shape index (κ2) is 28.6. The fourth-order valence-corrected chi connectivity index (χ4v) is 14.2. The van der Waals surface area contributed by atoms with E-state index in [2.05, 4.69) is 10.2 Å². The van der Waals surface area contributed by atoms with Crippen LogP contribution in [0.2, 0.25) is 5.02 Å². The fourth-order valence-electron chi connectivity index (χ4n) is 9.03. The average molecular weight is 1240 g/mol. The summed E-state index contributed by atoms with van der Waals surface area (Å²) in [4.78, 5) is 89.6. The molecule has 1 saturated heterocycles. The van der Waals surface area contributed by atoms with Gasteiger partial charge < -0.3 is 10.2 Å². The summed E-state index contributed by atoms with van der Waals surface area (Å²) >= 11 is 12.9. The lowest BCUT2D eigenvalue weighted by atomic mass is 10.2. The maximum atomic E-state index is 12.4. The van der Waals surface area contributed by atoms with Gasteiger partial charge in [-0.2, -0.15) is 3.96 Å². The topological polar surface area (TPSA) is 163 Å². The number of nitrogens with zero attached hydrogens (tertiary/aromatic N) is 7. The molecule has 2 aliphatic rings. The molecule has 0 bridgehead atoms. The number of halogens is 1. The number of carbonyl (C=O) groups excluding carboxylic acids is 2. The summed E-state index contributed by atoms with van der Waals surface area (Å²) in [5.41, 5.74) is 1.57. The lowest BCUT2D eigenvalue weighted by molar-refractivity contribution is -0.134. The van der Waals surface area contributed by atoms with E-state index in [9.17, 15) is 33.6 Å². The Hall–Kier alpha value is -7.82. The molecule has 15 nitrogen and oxygen atoms in total. The zero-order valence-corrected chi connectivity index (χ0v) is 47.4. The Morgan fingerprint density at radius 1 is 0.440 bits per heavy atom. The third kappa shape index (κ3) is 14.4. The number of anilines is 1. The van der Waals surface area contributed by atoms with Gasteiger partial charge in [0.05, 0.1) is 63.6 Å². The van der Waals surface area contributed by atoms with Gasteiger partial charge in [-0.05, 0) is 109 Å². The van der Waals surface area contributed by atoms with Crippen molar-refractivity contribution in [3.8, 4) is 0 Å². The number of fused-ring (bicyclic) bond motifs is 5. The van der Waals surface area contributed by atoms with Crippen molar-refractivity contribution in [2.45, 2.75) is 62.4 Å². The van der Waals surface area contributed by atoms with E-state index in [4.69, 9.17) is 11.6 Å². The van der Waals surface area contributed by atoms with Crippen LogP contribution in [-0.2, 0) is 24.7 Å². The molecule has 0 radical (unpaired) electrons. The summed E-state index contributed by atoms with van der Waals surface area (Å²) in [6, 6.07) is 54.0. The lowest BCUT2D eigenvalue weighted by Gasteiger charge is -2.34. The summed E-state index contributed by atoms with van der Waals surface area (Å²) in [6.07, 6.45) is 2.11. The van der Waals surface area contributed by atoms with E-state index in [0.717, 1.165) is 89.0 Å². The van der Waals surface area contributed by atoms with Gasteiger partial charge in [0, 0.05) is 42.8 Å². The van der Waals surface area contributed by atoms with Gasteiger partial charge in [-0.15, -0.1) is 0 Å². The first-order valence-electron chi connectivity index (χ1n) is 25.5. The first-order valence-corrected chi connectivity index (χ1v) is 29.8. The minimum absolute atomic E-state index is 0. The van der Waals surface area contributed by atoms with Crippen molar-refractivity contribution in [3.05, 3.63) is 238 Å². The van der Waals surface area contributed by atoms with Gasteiger partial charge >= 0.3 is 6.03 Å². The molecule has 5 aromatic heterocycles. The molecule has 436 valence electrons. The van der Waals surface area contributed by atoms with Crippen molar-refractivity contribution < 1.29 is 9.59 Å². The first-order chi connectivity index (χ1) is 38.9. The molecular weight excluding hydrogens is 1180 g/mol. The Kier molecular flexibility index (Phi) is 21.7. The number of hydrogen-bond acceptors (Lipinski definition) is 13. The second-order valence-corrected chi connectivity index (χ2v) is 24.5. The highest BCUT2D eigenvalue weighted by Gasteiger charge is 2.34. The minimum atomic E-state index is -0.433. The number of hydrogen-bond donors (Lipinski definition) is 1. The van der Waals surface area contributed by atoms with E-state index in [-0.39, 0.29) is 70.1 Å². The number of aromatic nitrogens is 5. The van der Waals surface area contributed by atoms with Crippen molar-refractivity contribution in [1.82, 2.24) is 29.6 Å². The van der Waals surface area contributed by atoms with Gasteiger partial charge in [0.1, 0.15) is 6.67 Å². The van der Waals surface area contributed by atoms with Crippen LogP contribution in [0.4, 0.5) is 10.5 Å². The van der Waals surface area contributed by atoms with Crippen LogP contribution in [0.3, 0.4) is 0 Å². The summed E-state index contributed by atoms with van der Waals surface area (Å²) in [5.74, 6) is 0.606. The summed E-state index contributed by atoms with van der Waals surface area (Å²) in [5, 5.41) is 6.76. The van der Waals surface area contributed by atoms with E-state index in [1.807, 2.05) is 150 Å². The number of amides is 2. The Labute approximate surface area is 511 Å². The van der Waals surface area contributed by atoms with Crippen LogP contribution in [0.25, 0.3) is 50.4 Å². The molecule has 0 unspecified atom stereocenters. The first kappa shape index (κ1) is 63.8. The third-order valence-corrected chi connectivity index (χ3v) is 18.9. The number of para-hydroxylation sites is 1. The fraction of sp³-hybridized carbons (Fsp3) is 0.222. The maximum absolute atomic E-state index is 12.4. The Balaban J connectivity index is 0.000000159. The highest BCUT2D eigenvalue weighted by molar-refractivity contribution is 7.15. The highest BCUT2D eigenvalue weighted by atomic mass is 35.5. The normalized spacial score (nSPS) is 12.8. The van der Waals surface area contributed by atoms with Gasteiger partial charge in [0.25, 0.3) is 27.8 Å².